The molecular weight excluding hydrogens is 308 g/mol. The first-order valence-corrected chi connectivity index (χ1v) is 9.21. The maximum Gasteiger partial charge on any atom is 0.124 e. The zero-order valence-electron chi connectivity index (χ0n) is 14.8. The van der Waals surface area contributed by atoms with Crippen LogP contribution >= 0.6 is 0 Å². The van der Waals surface area contributed by atoms with Gasteiger partial charge in [0.1, 0.15) is 5.82 Å². The zero-order valence-corrected chi connectivity index (χ0v) is 14.8. The number of aromatic nitrogens is 2. The smallest absolute Gasteiger partial charge is 0.124 e. The van der Waals surface area contributed by atoms with Gasteiger partial charge in [-0.15, -0.1) is 0 Å². The Hall–Kier alpha value is -2.17. The molecule has 25 heavy (non-hydrogen) atoms. The zero-order chi connectivity index (χ0) is 17.2. The van der Waals surface area contributed by atoms with Crippen molar-refractivity contribution in [2.24, 2.45) is 5.73 Å². The average molecular weight is 334 g/mol. The summed E-state index contributed by atoms with van der Waals surface area (Å²) in [6.07, 6.45) is 3.34. The molecular formula is C21H26N4. The predicted molar refractivity (Wildman–Crippen MR) is 102 cm³/mol. The third-order valence-corrected chi connectivity index (χ3v) is 5.15. The van der Waals surface area contributed by atoms with E-state index in [0.29, 0.717) is 12.6 Å². The number of fused-ring (bicyclic) bond motifs is 1. The number of aromatic amines is 1. The van der Waals surface area contributed by atoms with Crippen molar-refractivity contribution in [1.82, 2.24) is 14.9 Å². The fourth-order valence-electron chi connectivity index (χ4n) is 3.91. The molecule has 1 aliphatic heterocycles. The van der Waals surface area contributed by atoms with Gasteiger partial charge in [0.15, 0.2) is 0 Å². The highest BCUT2D eigenvalue weighted by atomic mass is 15.2. The van der Waals surface area contributed by atoms with E-state index in [4.69, 9.17) is 10.7 Å². The number of likely N-dealkylation sites (tertiary alicyclic amines) is 1. The van der Waals surface area contributed by atoms with Crippen LogP contribution in [-0.2, 0) is 13.0 Å². The van der Waals surface area contributed by atoms with Crippen LogP contribution in [0.25, 0.3) is 11.0 Å². The maximum absolute atomic E-state index is 5.70. The molecule has 0 spiro atoms. The van der Waals surface area contributed by atoms with E-state index in [2.05, 4.69) is 59.3 Å². The summed E-state index contributed by atoms with van der Waals surface area (Å²) in [6.45, 7) is 4.92. The molecule has 4 nitrogen and oxygen atoms in total. The van der Waals surface area contributed by atoms with Crippen LogP contribution in [0.15, 0.2) is 42.5 Å². The Morgan fingerprint density at radius 2 is 2.08 bits per heavy atom. The average Bonchev–Trinajstić information content (AvgIpc) is 3.21. The van der Waals surface area contributed by atoms with Gasteiger partial charge in [0.25, 0.3) is 0 Å². The molecule has 1 aromatic heterocycles. The van der Waals surface area contributed by atoms with Gasteiger partial charge in [0, 0.05) is 6.54 Å². The van der Waals surface area contributed by atoms with Gasteiger partial charge in [-0.25, -0.2) is 4.98 Å². The fourth-order valence-corrected chi connectivity index (χ4v) is 3.91. The van der Waals surface area contributed by atoms with E-state index < -0.39 is 0 Å². The first-order chi connectivity index (χ1) is 12.2. The highest BCUT2D eigenvalue weighted by molar-refractivity contribution is 5.75. The molecule has 3 aromatic rings. The lowest BCUT2D eigenvalue weighted by atomic mass is 10.1. The number of benzene rings is 2. The first-order valence-electron chi connectivity index (χ1n) is 9.21. The van der Waals surface area contributed by atoms with Gasteiger partial charge < -0.3 is 10.7 Å². The molecule has 4 heteroatoms. The van der Waals surface area contributed by atoms with Crippen LogP contribution in [-0.4, -0.2) is 28.0 Å². The summed E-state index contributed by atoms with van der Waals surface area (Å²) >= 11 is 0. The lowest BCUT2D eigenvalue weighted by molar-refractivity contribution is 0.241. The summed E-state index contributed by atoms with van der Waals surface area (Å²) in [5.41, 5.74) is 11.9. The van der Waals surface area contributed by atoms with Gasteiger partial charge in [0.2, 0.25) is 0 Å². The third-order valence-electron chi connectivity index (χ3n) is 5.15. The first kappa shape index (κ1) is 16.3. The van der Waals surface area contributed by atoms with E-state index in [0.717, 1.165) is 36.4 Å². The molecule has 0 unspecified atom stereocenters. The van der Waals surface area contributed by atoms with E-state index in [1.54, 1.807) is 0 Å². The van der Waals surface area contributed by atoms with Gasteiger partial charge in [0.05, 0.1) is 17.1 Å². The Labute approximate surface area is 149 Å². The number of imidazole rings is 1. The molecule has 3 N–H and O–H groups in total. The van der Waals surface area contributed by atoms with Crippen LogP contribution in [0.4, 0.5) is 0 Å². The molecule has 1 saturated heterocycles. The van der Waals surface area contributed by atoms with Crippen LogP contribution in [0, 0.1) is 6.92 Å². The van der Waals surface area contributed by atoms with E-state index in [1.807, 2.05) is 0 Å². The van der Waals surface area contributed by atoms with Gasteiger partial charge in [-0.05, 0) is 68.1 Å². The molecule has 0 radical (unpaired) electrons. The van der Waals surface area contributed by atoms with Gasteiger partial charge in [-0.2, -0.15) is 0 Å². The summed E-state index contributed by atoms with van der Waals surface area (Å²) in [5.74, 6) is 1.11. The summed E-state index contributed by atoms with van der Waals surface area (Å²) in [5, 5.41) is 0. The fraction of sp³-hybridized carbons (Fsp3) is 0.381. The standard InChI is InChI=1S/C21H26N4/c1-15-7-8-18-19(12-15)24-21(23-18)20-6-3-11-25(20)14-17-5-2-4-16(13-17)9-10-22/h2,4-5,7-8,12-13,20H,3,6,9-11,14,22H2,1H3,(H,23,24)/t20-/m1/s1. The number of hydrogen-bond acceptors (Lipinski definition) is 3. The molecule has 0 bridgehead atoms. The van der Waals surface area contributed by atoms with E-state index in [1.165, 1.54) is 29.5 Å². The third kappa shape index (κ3) is 3.46. The minimum absolute atomic E-state index is 0.380. The van der Waals surface area contributed by atoms with Crippen molar-refractivity contribution >= 4 is 11.0 Å². The van der Waals surface area contributed by atoms with Crippen LogP contribution in [0.1, 0.15) is 41.4 Å². The lowest BCUT2D eigenvalue weighted by Crippen LogP contribution is -2.23. The number of nitrogens with zero attached hydrogens (tertiary/aromatic N) is 2. The van der Waals surface area contributed by atoms with E-state index in [-0.39, 0.29) is 0 Å². The quantitative estimate of drug-likeness (QED) is 0.748. The highest BCUT2D eigenvalue weighted by Crippen LogP contribution is 2.32. The summed E-state index contributed by atoms with van der Waals surface area (Å²) in [6, 6.07) is 15.6. The predicted octanol–water partition coefficient (Wildman–Crippen LogP) is 3.71. The normalized spacial score (nSPS) is 18.2. The maximum atomic E-state index is 5.70. The van der Waals surface area contributed by atoms with Gasteiger partial charge in [-0.3, -0.25) is 4.90 Å². The minimum Gasteiger partial charge on any atom is -0.341 e. The van der Waals surface area contributed by atoms with Crippen molar-refractivity contribution in [1.29, 1.82) is 0 Å². The Bertz CT molecular complexity index is 867. The highest BCUT2D eigenvalue weighted by Gasteiger charge is 2.28. The van der Waals surface area contributed by atoms with E-state index >= 15 is 0 Å². The Balaban J connectivity index is 1.56. The number of rotatable bonds is 5. The van der Waals surface area contributed by atoms with Crippen LogP contribution in [0.3, 0.4) is 0 Å². The molecule has 1 atom stereocenters. The summed E-state index contributed by atoms with van der Waals surface area (Å²) in [4.78, 5) is 11.0. The Kier molecular flexibility index (Phi) is 4.55. The largest absolute Gasteiger partial charge is 0.341 e. The molecule has 2 heterocycles. The second-order valence-electron chi connectivity index (χ2n) is 7.13. The lowest BCUT2D eigenvalue weighted by Gasteiger charge is -2.23. The van der Waals surface area contributed by atoms with Crippen molar-refractivity contribution in [3.8, 4) is 0 Å². The number of nitrogens with two attached hydrogens (primary N) is 1. The van der Waals surface area contributed by atoms with Crippen molar-refractivity contribution in [3.63, 3.8) is 0 Å². The molecule has 0 saturated carbocycles. The Morgan fingerprint density at radius 1 is 1.20 bits per heavy atom. The summed E-state index contributed by atoms with van der Waals surface area (Å²) < 4.78 is 0. The molecule has 4 rings (SSSR count). The van der Waals surface area contributed by atoms with Crippen molar-refractivity contribution < 1.29 is 0 Å². The molecule has 0 amide bonds. The van der Waals surface area contributed by atoms with Crippen LogP contribution < -0.4 is 5.73 Å². The topological polar surface area (TPSA) is 57.9 Å². The van der Waals surface area contributed by atoms with E-state index in [9.17, 15) is 0 Å². The SMILES string of the molecule is Cc1ccc2nc([C@H]3CCCN3Cc3cccc(CCN)c3)[nH]c2c1. The van der Waals surface area contributed by atoms with Gasteiger partial charge in [-0.1, -0.05) is 30.3 Å². The molecule has 0 aliphatic carbocycles. The van der Waals surface area contributed by atoms with Crippen molar-refractivity contribution in [2.45, 2.75) is 38.8 Å². The van der Waals surface area contributed by atoms with Gasteiger partial charge >= 0.3 is 0 Å². The van der Waals surface area contributed by atoms with Crippen molar-refractivity contribution in [3.05, 3.63) is 65.0 Å². The summed E-state index contributed by atoms with van der Waals surface area (Å²) in [7, 11) is 0. The van der Waals surface area contributed by atoms with Crippen LogP contribution in [0.5, 0.6) is 0 Å². The number of nitrogens with one attached hydrogen (secondary N) is 1. The number of hydrogen-bond donors (Lipinski definition) is 2. The molecule has 2 aromatic carbocycles. The molecule has 1 fully saturated rings. The van der Waals surface area contributed by atoms with Crippen LogP contribution in [0.2, 0.25) is 0 Å². The number of aryl methyl sites for hydroxylation is 1. The molecule has 1 aliphatic rings. The second-order valence-corrected chi connectivity index (χ2v) is 7.13. The minimum atomic E-state index is 0.380. The number of H-pyrrole nitrogens is 1. The van der Waals surface area contributed by atoms with Crippen molar-refractivity contribution in [2.75, 3.05) is 13.1 Å². The second kappa shape index (κ2) is 6.98. The Morgan fingerprint density at radius 3 is 2.96 bits per heavy atom. The monoisotopic (exact) mass is 334 g/mol. The molecule has 130 valence electrons.